The van der Waals surface area contributed by atoms with Crippen molar-refractivity contribution in [3.8, 4) is 0 Å². The molecule has 1 fully saturated rings. The van der Waals surface area contributed by atoms with Gasteiger partial charge in [-0.25, -0.2) is 0 Å². The molecule has 0 aliphatic carbocycles. The van der Waals surface area contributed by atoms with Crippen LogP contribution in [0.3, 0.4) is 0 Å². The lowest BCUT2D eigenvalue weighted by Crippen LogP contribution is -2.40. The van der Waals surface area contributed by atoms with Gasteiger partial charge in [0, 0.05) is 42.9 Å². The number of nitrogens with zero attached hydrogens (tertiary/aromatic N) is 1. The van der Waals surface area contributed by atoms with E-state index in [1.54, 1.807) is 17.0 Å². The van der Waals surface area contributed by atoms with E-state index in [4.69, 9.17) is 0 Å². The van der Waals surface area contributed by atoms with Crippen molar-refractivity contribution in [2.75, 3.05) is 23.7 Å². The van der Waals surface area contributed by atoms with Crippen LogP contribution in [0.25, 0.3) is 0 Å². The maximum absolute atomic E-state index is 12.8. The number of hydrogen-bond donors (Lipinski definition) is 2. The van der Waals surface area contributed by atoms with Crippen molar-refractivity contribution in [1.29, 1.82) is 0 Å². The van der Waals surface area contributed by atoms with Gasteiger partial charge in [-0.15, -0.1) is 0 Å². The molecule has 9 heteroatoms. The number of halogens is 3. The first-order valence-electron chi connectivity index (χ1n) is 9.78. The van der Waals surface area contributed by atoms with Crippen LogP contribution in [0.1, 0.15) is 35.7 Å². The van der Waals surface area contributed by atoms with Crippen molar-refractivity contribution in [2.24, 2.45) is 5.92 Å². The molecular formula is C22H22F3N3O3. The van der Waals surface area contributed by atoms with Crippen LogP contribution in [-0.4, -0.2) is 35.7 Å². The van der Waals surface area contributed by atoms with E-state index in [2.05, 4.69) is 10.6 Å². The fraction of sp³-hybridized carbons (Fsp3) is 0.318. The van der Waals surface area contributed by atoms with Gasteiger partial charge in [0.05, 0.1) is 5.56 Å². The molecule has 3 rings (SSSR count). The lowest BCUT2D eigenvalue weighted by Gasteiger charge is -2.30. The van der Waals surface area contributed by atoms with Gasteiger partial charge in [-0.05, 0) is 49.2 Å². The number of carbonyl (C=O) groups excluding carboxylic acids is 3. The number of nitrogens with one attached hydrogen (secondary N) is 2. The van der Waals surface area contributed by atoms with E-state index in [0.29, 0.717) is 31.6 Å². The summed E-state index contributed by atoms with van der Waals surface area (Å²) in [5.74, 6) is -1.04. The number of carbonyl (C=O) groups is 3. The van der Waals surface area contributed by atoms with Crippen molar-refractivity contribution in [2.45, 2.75) is 25.9 Å². The van der Waals surface area contributed by atoms with Crippen LogP contribution in [-0.2, 0) is 15.8 Å². The van der Waals surface area contributed by atoms with Gasteiger partial charge in [0.2, 0.25) is 11.8 Å². The highest BCUT2D eigenvalue weighted by Crippen LogP contribution is 2.30. The normalized spacial score (nSPS) is 14.8. The Morgan fingerprint density at radius 3 is 2.16 bits per heavy atom. The van der Waals surface area contributed by atoms with Gasteiger partial charge in [0.1, 0.15) is 0 Å². The first-order chi connectivity index (χ1) is 14.6. The molecule has 2 aromatic carbocycles. The van der Waals surface area contributed by atoms with E-state index in [1.165, 1.54) is 31.2 Å². The van der Waals surface area contributed by atoms with Crippen LogP contribution < -0.4 is 10.6 Å². The molecule has 0 saturated carbocycles. The molecule has 0 spiro atoms. The Morgan fingerprint density at radius 2 is 1.55 bits per heavy atom. The number of alkyl halides is 3. The lowest BCUT2D eigenvalue weighted by molar-refractivity contribution is -0.137. The third-order valence-corrected chi connectivity index (χ3v) is 5.15. The molecule has 6 nitrogen and oxygen atoms in total. The van der Waals surface area contributed by atoms with E-state index < -0.39 is 17.6 Å². The largest absolute Gasteiger partial charge is 0.416 e. The molecule has 31 heavy (non-hydrogen) atoms. The molecule has 3 amide bonds. The van der Waals surface area contributed by atoms with Gasteiger partial charge in [0.15, 0.2) is 0 Å². The van der Waals surface area contributed by atoms with E-state index in [1.807, 2.05) is 0 Å². The van der Waals surface area contributed by atoms with E-state index in [9.17, 15) is 27.6 Å². The highest BCUT2D eigenvalue weighted by atomic mass is 19.4. The number of amides is 3. The average Bonchev–Trinajstić information content (AvgIpc) is 2.73. The second-order valence-corrected chi connectivity index (χ2v) is 7.38. The monoisotopic (exact) mass is 433 g/mol. The zero-order valence-corrected chi connectivity index (χ0v) is 16.8. The number of rotatable bonds is 4. The van der Waals surface area contributed by atoms with E-state index >= 15 is 0 Å². The number of benzene rings is 2. The molecule has 1 aliphatic rings. The molecule has 1 heterocycles. The third kappa shape index (κ3) is 5.84. The molecule has 0 atom stereocenters. The SMILES string of the molecule is CC(=O)N1CCC(C(=O)Nc2cccc(C(=O)Nc3cccc(C(F)(F)F)c3)c2)CC1. The summed E-state index contributed by atoms with van der Waals surface area (Å²) in [7, 11) is 0. The zero-order valence-electron chi connectivity index (χ0n) is 16.8. The van der Waals surface area contributed by atoms with Crippen LogP contribution in [0.5, 0.6) is 0 Å². The van der Waals surface area contributed by atoms with Crippen LogP contribution in [0.15, 0.2) is 48.5 Å². The maximum atomic E-state index is 12.8. The number of hydrogen-bond acceptors (Lipinski definition) is 3. The summed E-state index contributed by atoms with van der Waals surface area (Å²) in [6.45, 7) is 2.54. The van der Waals surface area contributed by atoms with Crippen molar-refractivity contribution in [3.63, 3.8) is 0 Å². The quantitative estimate of drug-likeness (QED) is 0.760. The molecule has 0 radical (unpaired) electrons. The minimum Gasteiger partial charge on any atom is -0.343 e. The van der Waals surface area contributed by atoms with Crippen LogP contribution in [0.4, 0.5) is 24.5 Å². The van der Waals surface area contributed by atoms with E-state index in [-0.39, 0.29) is 29.0 Å². The Kier molecular flexibility index (Phi) is 6.62. The van der Waals surface area contributed by atoms with Crippen molar-refractivity contribution in [3.05, 3.63) is 59.7 Å². The van der Waals surface area contributed by atoms with Gasteiger partial charge in [-0.1, -0.05) is 12.1 Å². The van der Waals surface area contributed by atoms with Gasteiger partial charge in [-0.3, -0.25) is 14.4 Å². The van der Waals surface area contributed by atoms with Crippen molar-refractivity contribution >= 4 is 29.1 Å². The summed E-state index contributed by atoms with van der Waals surface area (Å²) < 4.78 is 38.5. The first kappa shape index (κ1) is 22.3. The minimum absolute atomic E-state index is 0.0154. The fourth-order valence-electron chi connectivity index (χ4n) is 3.42. The second kappa shape index (κ2) is 9.20. The van der Waals surface area contributed by atoms with Gasteiger partial charge >= 0.3 is 6.18 Å². The molecule has 2 N–H and O–H groups in total. The summed E-state index contributed by atoms with van der Waals surface area (Å²) in [5, 5.41) is 5.21. The first-order valence-corrected chi connectivity index (χ1v) is 9.78. The minimum atomic E-state index is -4.51. The van der Waals surface area contributed by atoms with Crippen molar-refractivity contribution < 1.29 is 27.6 Å². The number of piperidine rings is 1. The molecule has 2 aromatic rings. The molecule has 1 saturated heterocycles. The summed E-state index contributed by atoms with van der Waals surface area (Å²) >= 11 is 0. The highest BCUT2D eigenvalue weighted by molar-refractivity contribution is 6.05. The second-order valence-electron chi connectivity index (χ2n) is 7.38. The van der Waals surface area contributed by atoms with Crippen LogP contribution in [0.2, 0.25) is 0 Å². The predicted octanol–water partition coefficient (Wildman–Crippen LogP) is 4.15. The Balaban J connectivity index is 1.63. The Bertz CT molecular complexity index is 983. The standard InChI is InChI=1S/C22H22F3N3O3/c1-14(29)28-10-8-15(9-11-28)20(30)26-18-6-2-4-16(12-18)21(31)27-19-7-3-5-17(13-19)22(23,24)25/h2-7,12-13,15H,8-11H2,1H3,(H,26,30)(H,27,31). The lowest BCUT2D eigenvalue weighted by atomic mass is 9.95. The van der Waals surface area contributed by atoms with Crippen LogP contribution in [0, 0.1) is 5.92 Å². The molecule has 1 aliphatic heterocycles. The van der Waals surface area contributed by atoms with E-state index in [0.717, 1.165) is 12.1 Å². The number of anilines is 2. The molecule has 0 bridgehead atoms. The summed E-state index contributed by atoms with van der Waals surface area (Å²) in [6, 6.07) is 10.5. The number of likely N-dealkylation sites (tertiary alicyclic amines) is 1. The highest BCUT2D eigenvalue weighted by Gasteiger charge is 2.30. The topological polar surface area (TPSA) is 78.5 Å². The van der Waals surface area contributed by atoms with Crippen molar-refractivity contribution in [1.82, 2.24) is 4.90 Å². The fourth-order valence-corrected chi connectivity index (χ4v) is 3.42. The summed E-state index contributed by atoms with van der Waals surface area (Å²) in [4.78, 5) is 38.1. The smallest absolute Gasteiger partial charge is 0.343 e. The molecular weight excluding hydrogens is 411 g/mol. The summed E-state index contributed by atoms with van der Waals surface area (Å²) in [5.41, 5.74) is -0.231. The van der Waals surface area contributed by atoms with Gasteiger partial charge in [-0.2, -0.15) is 13.2 Å². The van der Waals surface area contributed by atoms with Gasteiger partial charge < -0.3 is 15.5 Å². The Labute approximate surface area is 177 Å². The molecule has 164 valence electrons. The molecule has 0 unspecified atom stereocenters. The van der Waals surface area contributed by atoms with Gasteiger partial charge in [0.25, 0.3) is 5.91 Å². The Morgan fingerprint density at radius 1 is 0.935 bits per heavy atom. The Hall–Kier alpha value is -3.36. The average molecular weight is 433 g/mol. The third-order valence-electron chi connectivity index (χ3n) is 5.15. The zero-order chi connectivity index (χ0) is 22.6. The molecule has 0 aromatic heterocycles. The maximum Gasteiger partial charge on any atom is 0.416 e. The predicted molar refractivity (Wildman–Crippen MR) is 109 cm³/mol. The summed E-state index contributed by atoms with van der Waals surface area (Å²) in [6.07, 6.45) is -3.40. The van der Waals surface area contributed by atoms with Crippen LogP contribution >= 0.6 is 0 Å².